The number of halogens is 1. The van der Waals surface area contributed by atoms with E-state index in [1.165, 1.54) is 19.2 Å². The summed E-state index contributed by atoms with van der Waals surface area (Å²) in [5.41, 5.74) is 3.26. The number of methoxy groups -OCH3 is 1. The molecule has 0 fully saturated rings. The smallest absolute Gasteiger partial charge is 0.255 e. The molecule has 0 aliphatic rings. The summed E-state index contributed by atoms with van der Waals surface area (Å²) in [6.07, 6.45) is 3.43. The van der Waals surface area contributed by atoms with E-state index >= 15 is 0 Å². The number of carbonyl (C=O) groups excluding carboxylic acids is 1. The Hall–Kier alpha value is -4.04. The molecule has 7 nitrogen and oxygen atoms in total. The zero-order chi connectivity index (χ0) is 23.9. The van der Waals surface area contributed by atoms with Crippen molar-refractivity contribution < 1.29 is 13.9 Å². The predicted molar refractivity (Wildman–Crippen MR) is 126 cm³/mol. The molecule has 1 amide bonds. The Morgan fingerprint density at radius 2 is 1.71 bits per heavy atom. The molecular weight excluding hydrogens is 435 g/mol. The molecule has 4 aromatic rings. The fraction of sp³-hybridized carbons (Fsp3) is 0.192. The van der Waals surface area contributed by atoms with Crippen molar-refractivity contribution in [3.8, 4) is 0 Å². The zero-order valence-corrected chi connectivity index (χ0v) is 18.8. The summed E-state index contributed by atoms with van der Waals surface area (Å²) >= 11 is 0. The predicted octanol–water partition coefficient (Wildman–Crippen LogP) is 3.36. The molecule has 4 rings (SSSR count). The van der Waals surface area contributed by atoms with E-state index in [1.807, 2.05) is 30.3 Å². The van der Waals surface area contributed by atoms with Crippen LogP contribution in [0.25, 0.3) is 0 Å². The van der Waals surface area contributed by atoms with Gasteiger partial charge in [-0.1, -0.05) is 48.5 Å². The zero-order valence-electron chi connectivity index (χ0n) is 18.8. The molecule has 174 valence electrons. The van der Waals surface area contributed by atoms with Crippen LogP contribution in [-0.2, 0) is 31.0 Å². The maximum absolute atomic E-state index is 13.9. The first-order valence-corrected chi connectivity index (χ1v) is 10.8. The monoisotopic (exact) mass is 460 g/mol. The lowest BCUT2D eigenvalue weighted by atomic mass is 10.1. The minimum absolute atomic E-state index is 0.0467. The molecule has 0 unspecified atom stereocenters. The van der Waals surface area contributed by atoms with E-state index in [9.17, 15) is 14.0 Å². The van der Waals surface area contributed by atoms with Gasteiger partial charge in [0.1, 0.15) is 11.5 Å². The number of nitrogens with zero attached hydrogens (tertiary/aromatic N) is 3. The van der Waals surface area contributed by atoms with Gasteiger partial charge in [-0.05, 0) is 23.3 Å². The number of pyridine rings is 1. The largest absolute Gasteiger partial charge is 0.378 e. The minimum Gasteiger partial charge on any atom is -0.378 e. The molecule has 34 heavy (non-hydrogen) atoms. The van der Waals surface area contributed by atoms with Crippen LogP contribution in [0.1, 0.15) is 32.7 Å². The summed E-state index contributed by atoms with van der Waals surface area (Å²) < 4.78 is 22.4. The van der Waals surface area contributed by atoms with Crippen molar-refractivity contribution in [2.45, 2.75) is 26.2 Å². The Kier molecular flexibility index (Phi) is 7.29. The van der Waals surface area contributed by atoms with Gasteiger partial charge in [0.05, 0.1) is 25.3 Å². The third-order valence-corrected chi connectivity index (χ3v) is 5.38. The number of hydrogen-bond donors (Lipinski definition) is 1. The van der Waals surface area contributed by atoms with Crippen LogP contribution < -0.4 is 10.9 Å². The van der Waals surface area contributed by atoms with Crippen LogP contribution in [0.3, 0.4) is 0 Å². The summed E-state index contributed by atoms with van der Waals surface area (Å²) in [4.78, 5) is 24.7. The normalized spacial score (nSPS) is 10.9. The van der Waals surface area contributed by atoms with Crippen LogP contribution in [0.15, 0.2) is 83.9 Å². The second-order valence-electron chi connectivity index (χ2n) is 7.88. The molecule has 0 aliphatic heterocycles. The maximum atomic E-state index is 13.9. The highest BCUT2D eigenvalue weighted by Gasteiger charge is 2.17. The van der Waals surface area contributed by atoms with E-state index < -0.39 is 0 Å². The van der Waals surface area contributed by atoms with Gasteiger partial charge in [-0.15, -0.1) is 0 Å². The van der Waals surface area contributed by atoms with Gasteiger partial charge in [0, 0.05) is 37.7 Å². The highest BCUT2D eigenvalue weighted by molar-refractivity contribution is 5.95. The Balaban J connectivity index is 1.44. The van der Waals surface area contributed by atoms with Gasteiger partial charge in [-0.25, -0.2) is 4.39 Å². The van der Waals surface area contributed by atoms with Crippen molar-refractivity contribution in [1.82, 2.24) is 19.7 Å². The SMILES string of the molecule is COCc1nn(Cc2ccc(Cn3ccccc3=O)cc2)cc1C(=O)NCc1ccccc1F. The molecule has 2 aromatic carbocycles. The molecule has 0 bridgehead atoms. The topological polar surface area (TPSA) is 78.2 Å². The van der Waals surface area contributed by atoms with Gasteiger partial charge in [-0.3, -0.25) is 14.3 Å². The van der Waals surface area contributed by atoms with Crippen LogP contribution in [0.4, 0.5) is 4.39 Å². The van der Waals surface area contributed by atoms with Crippen molar-refractivity contribution in [2.24, 2.45) is 0 Å². The Bertz CT molecular complexity index is 1330. The van der Waals surface area contributed by atoms with Crippen LogP contribution in [0.2, 0.25) is 0 Å². The second kappa shape index (κ2) is 10.7. The van der Waals surface area contributed by atoms with Crippen molar-refractivity contribution in [3.63, 3.8) is 0 Å². The van der Waals surface area contributed by atoms with Gasteiger partial charge >= 0.3 is 0 Å². The number of ether oxygens (including phenoxy) is 1. The summed E-state index contributed by atoms with van der Waals surface area (Å²) in [5.74, 6) is -0.707. The molecule has 8 heteroatoms. The third-order valence-electron chi connectivity index (χ3n) is 5.38. The maximum Gasteiger partial charge on any atom is 0.255 e. The Labute approximate surface area is 196 Å². The van der Waals surface area contributed by atoms with Gasteiger partial charge in [0.2, 0.25) is 0 Å². The molecular formula is C26H25FN4O3. The van der Waals surface area contributed by atoms with Gasteiger partial charge in [0.15, 0.2) is 0 Å². The van der Waals surface area contributed by atoms with E-state index in [2.05, 4.69) is 10.4 Å². The summed E-state index contributed by atoms with van der Waals surface area (Å²) in [7, 11) is 1.54. The summed E-state index contributed by atoms with van der Waals surface area (Å²) in [6, 6.07) is 19.3. The number of carbonyl (C=O) groups is 1. The first-order valence-electron chi connectivity index (χ1n) is 10.8. The first-order chi connectivity index (χ1) is 16.5. The number of rotatable bonds is 9. The summed E-state index contributed by atoms with van der Waals surface area (Å²) in [6.45, 7) is 1.21. The fourth-order valence-corrected chi connectivity index (χ4v) is 3.61. The number of aromatic nitrogens is 3. The molecule has 0 aliphatic carbocycles. The van der Waals surface area contributed by atoms with Crippen molar-refractivity contribution in [3.05, 3.63) is 123 Å². The van der Waals surface area contributed by atoms with Crippen LogP contribution >= 0.6 is 0 Å². The second-order valence-corrected chi connectivity index (χ2v) is 7.88. The molecule has 2 heterocycles. The molecule has 0 atom stereocenters. The van der Waals surface area contributed by atoms with Crippen molar-refractivity contribution in [2.75, 3.05) is 7.11 Å². The lowest BCUT2D eigenvalue weighted by Gasteiger charge is -2.07. The van der Waals surface area contributed by atoms with Crippen LogP contribution in [0, 0.1) is 5.82 Å². The van der Waals surface area contributed by atoms with Gasteiger partial charge < -0.3 is 14.6 Å². The van der Waals surface area contributed by atoms with Crippen LogP contribution in [0.5, 0.6) is 0 Å². The molecule has 2 aromatic heterocycles. The highest BCUT2D eigenvalue weighted by Crippen LogP contribution is 2.13. The average molecular weight is 461 g/mol. The van der Waals surface area contributed by atoms with Crippen LogP contribution in [-0.4, -0.2) is 27.4 Å². The lowest BCUT2D eigenvalue weighted by Crippen LogP contribution is -2.24. The van der Waals surface area contributed by atoms with E-state index in [4.69, 9.17) is 4.74 Å². The standard InChI is InChI=1S/C26H25FN4O3/c1-34-18-24-22(26(33)28-14-21-6-2-3-7-23(21)27)17-31(29-24)16-20-11-9-19(10-12-20)15-30-13-5-4-8-25(30)32/h2-13,17H,14-16,18H2,1H3,(H,28,33). The average Bonchev–Trinajstić information content (AvgIpc) is 3.23. The molecule has 0 radical (unpaired) electrons. The number of nitrogens with one attached hydrogen (secondary N) is 1. The molecule has 0 saturated carbocycles. The minimum atomic E-state index is -0.365. The molecule has 0 spiro atoms. The van der Waals surface area contributed by atoms with Gasteiger partial charge in [-0.2, -0.15) is 5.10 Å². The number of amides is 1. The highest BCUT2D eigenvalue weighted by atomic mass is 19.1. The number of hydrogen-bond acceptors (Lipinski definition) is 4. The molecule has 0 saturated heterocycles. The van der Waals surface area contributed by atoms with E-state index in [0.29, 0.717) is 29.9 Å². The van der Waals surface area contributed by atoms with Gasteiger partial charge in [0.25, 0.3) is 11.5 Å². The van der Waals surface area contributed by atoms with Crippen molar-refractivity contribution >= 4 is 5.91 Å². The number of benzene rings is 2. The quantitative estimate of drug-likeness (QED) is 0.416. The Morgan fingerprint density at radius 3 is 2.41 bits per heavy atom. The van der Waals surface area contributed by atoms with E-state index in [1.54, 1.807) is 45.9 Å². The third kappa shape index (κ3) is 5.65. The van der Waals surface area contributed by atoms with Crippen molar-refractivity contribution in [1.29, 1.82) is 0 Å². The first kappa shape index (κ1) is 23.1. The lowest BCUT2D eigenvalue weighted by molar-refractivity contribution is 0.0945. The van der Waals surface area contributed by atoms with E-state index in [0.717, 1.165) is 11.1 Å². The Morgan fingerprint density at radius 1 is 1.00 bits per heavy atom. The summed E-state index contributed by atoms with van der Waals surface area (Å²) in [5, 5.41) is 7.25. The van der Waals surface area contributed by atoms with E-state index in [-0.39, 0.29) is 30.4 Å². The molecule has 1 N–H and O–H groups in total. The fourth-order valence-electron chi connectivity index (χ4n) is 3.61.